The van der Waals surface area contributed by atoms with Crippen molar-refractivity contribution >= 4 is 17.4 Å². The van der Waals surface area contributed by atoms with Crippen molar-refractivity contribution in [2.45, 2.75) is 68.8 Å². The van der Waals surface area contributed by atoms with Crippen LogP contribution in [-0.4, -0.2) is 42.4 Å². The Balaban J connectivity index is 1.59. The van der Waals surface area contributed by atoms with E-state index in [1.165, 1.54) is 57.5 Å². The molecule has 4 rings (SSSR count). The molecule has 0 N–H and O–H groups in total. The Morgan fingerprint density at radius 3 is 3.09 bits per heavy atom. The van der Waals surface area contributed by atoms with Gasteiger partial charge in [0.05, 0.1) is 5.69 Å². The Labute approximate surface area is 145 Å². The summed E-state index contributed by atoms with van der Waals surface area (Å²) in [5.74, 6) is 2.02. The minimum Gasteiger partial charge on any atom is -0.367 e. The van der Waals surface area contributed by atoms with Gasteiger partial charge in [-0.25, -0.2) is 0 Å². The van der Waals surface area contributed by atoms with Crippen LogP contribution in [-0.2, 0) is 0 Å². The predicted octanol–water partition coefficient (Wildman–Crippen LogP) is 4.74. The molecule has 3 heteroatoms. The molecule has 0 spiro atoms. The number of thioether (sulfide) groups is 1. The third-order valence-electron chi connectivity index (χ3n) is 6.12. The maximum absolute atomic E-state index is 2.78. The first-order valence-corrected chi connectivity index (χ1v) is 10.5. The second-order valence-corrected chi connectivity index (χ2v) is 8.67. The van der Waals surface area contributed by atoms with Crippen molar-refractivity contribution in [3.8, 4) is 0 Å². The number of likely N-dealkylation sites (tertiary alicyclic amines) is 1. The lowest BCUT2D eigenvalue weighted by atomic mass is 9.88. The molecule has 0 aromatic heterocycles. The topological polar surface area (TPSA) is 6.48 Å². The molecule has 0 aliphatic carbocycles. The fraction of sp³-hybridized carbons (Fsp3) is 0.700. The van der Waals surface area contributed by atoms with E-state index in [1.54, 1.807) is 16.1 Å². The first kappa shape index (κ1) is 15.8. The standard InChI is InChI=1S/C20H30N2S/c1-3-4-7-15(2)21-12-10-18-17(14-21)16-8-5-9-19-20(16)22(18)11-6-13-23-19/h5,8-9,15,17-18H,3-4,6-7,10-14H2,1-2H3/t15?,17-,18-/m1/s1. The van der Waals surface area contributed by atoms with Gasteiger partial charge in [-0.05, 0) is 43.6 Å². The molecule has 1 aromatic carbocycles. The average molecular weight is 331 g/mol. The molecule has 126 valence electrons. The van der Waals surface area contributed by atoms with Gasteiger partial charge in [0.2, 0.25) is 0 Å². The summed E-state index contributed by atoms with van der Waals surface area (Å²) in [4.78, 5) is 7.10. The Morgan fingerprint density at radius 2 is 2.22 bits per heavy atom. The van der Waals surface area contributed by atoms with E-state index in [2.05, 4.69) is 53.6 Å². The van der Waals surface area contributed by atoms with Crippen molar-refractivity contribution in [2.75, 3.05) is 30.3 Å². The molecule has 1 unspecified atom stereocenters. The second kappa shape index (κ2) is 6.68. The van der Waals surface area contributed by atoms with Gasteiger partial charge >= 0.3 is 0 Å². The molecule has 0 bridgehead atoms. The fourth-order valence-corrected chi connectivity index (χ4v) is 5.89. The second-order valence-electron chi connectivity index (χ2n) is 7.54. The molecule has 2 nitrogen and oxygen atoms in total. The number of benzene rings is 1. The van der Waals surface area contributed by atoms with Crippen LogP contribution in [0.15, 0.2) is 23.1 Å². The maximum Gasteiger partial charge on any atom is 0.0543 e. The lowest BCUT2D eigenvalue weighted by Crippen LogP contribution is -2.49. The zero-order chi connectivity index (χ0) is 15.8. The highest BCUT2D eigenvalue weighted by Gasteiger charge is 2.43. The van der Waals surface area contributed by atoms with E-state index in [-0.39, 0.29) is 0 Å². The van der Waals surface area contributed by atoms with Crippen molar-refractivity contribution in [3.05, 3.63) is 23.8 Å². The summed E-state index contributed by atoms with van der Waals surface area (Å²) in [6.45, 7) is 8.58. The van der Waals surface area contributed by atoms with Crippen LogP contribution >= 0.6 is 11.8 Å². The van der Waals surface area contributed by atoms with Crippen LogP contribution in [0.4, 0.5) is 5.69 Å². The Hall–Kier alpha value is -0.670. The molecule has 3 atom stereocenters. The zero-order valence-electron chi connectivity index (χ0n) is 14.6. The highest BCUT2D eigenvalue weighted by molar-refractivity contribution is 7.99. The van der Waals surface area contributed by atoms with Gasteiger partial charge in [-0.3, -0.25) is 4.90 Å². The van der Waals surface area contributed by atoms with Crippen LogP contribution in [0, 0.1) is 0 Å². The number of fused-ring (bicyclic) bond motifs is 3. The van der Waals surface area contributed by atoms with Crippen molar-refractivity contribution in [2.24, 2.45) is 0 Å². The van der Waals surface area contributed by atoms with Gasteiger partial charge in [0.1, 0.15) is 0 Å². The van der Waals surface area contributed by atoms with E-state index in [1.807, 2.05) is 0 Å². The minimum absolute atomic E-state index is 0.737. The molecular weight excluding hydrogens is 300 g/mol. The van der Waals surface area contributed by atoms with Gasteiger partial charge < -0.3 is 4.90 Å². The zero-order valence-corrected chi connectivity index (χ0v) is 15.4. The Kier molecular flexibility index (Phi) is 4.60. The monoisotopic (exact) mass is 330 g/mol. The van der Waals surface area contributed by atoms with Gasteiger partial charge in [0.15, 0.2) is 0 Å². The van der Waals surface area contributed by atoms with Crippen LogP contribution in [0.5, 0.6) is 0 Å². The Morgan fingerprint density at radius 1 is 1.30 bits per heavy atom. The van der Waals surface area contributed by atoms with Crippen molar-refractivity contribution in [3.63, 3.8) is 0 Å². The fourth-order valence-electron chi connectivity index (χ4n) is 4.85. The van der Waals surface area contributed by atoms with E-state index >= 15 is 0 Å². The summed E-state index contributed by atoms with van der Waals surface area (Å²) < 4.78 is 0. The van der Waals surface area contributed by atoms with Crippen molar-refractivity contribution in [1.29, 1.82) is 0 Å². The Bertz CT molecular complexity index is 559. The lowest BCUT2D eigenvalue weighted by Gasteiger charge is -2.41. The largest absolute Gasteiger partial charge is 0.367 e. The molecule has 1 fully saturated rings. The van der Waals surface area contributed by atoms with E-state index in [0.29, 0.717) is 0 Å². The van der Waals surface area contributed by atoms with Crippen LogP contribution in [0.3, 0.4) is 0 Å². The van der Waals surface area contributed by atoms with E-state index < -0.39 is 0 Å². The predicted molar refractivity (Wildman–Crippen MR) is 101 cm³/mol. The SMILES string of the molecule is CCCCC(C)N1CC[C@@H]2[C@H](C1)c1cccc3c1N2CCCS3. The number of rotatable bonds is 4. The van der Waals surface area contributed by atoms with Crippen molar-refractivity contribution in [1.82, 2.24) is 4.90 Å². The third-order valence-corrected chi connectivity index (χ3v) is 7.26. The van der Waals surface area contributed by atoms with E-state index in [0.717, 1.165) is 18.0 Å². The highest BCUT2D eigenvalue weighted by atomic mass is 32.2. The summed E-state index contributed by atoms with van der Waals surface area (Å²) >= 11 is 2.08. The number of piperidine rings is 1. The first-order chi connectivity index (χ1) is 11.3. The summed E-state index contributed by atoms with van der Waals surface area (Å²) in [5.41, 5.74) is 3.25. The van der Waals surface area contributed by atoms with Crippen LogP contribution in [0.2, 0.25) is 0 Å². The third kappa shape index (κ3) is 2.80. The molecule has 3 aliphatic rings. The molecule has 1 aromatic rings. The molecule has 0 amide bonds. The first-order valence-electron chi connectivity index (χ1n) is 9.56. The molecule has 3 aliphatic heterocycles. The number of unbranched alkanes of at least 4 members (excludes halogenated alkanes) is 1. The molecule has 0 saturated carbocycles. The van der Waals surface area contributed by atoms with Gasteiger partial charge in [-0.2, -0.15) is 0 Å². The minimum atomic E-state index is 0.737. The molecular formula is C20H30N2S. The summed E-state index contributed by atoms with van der Waals surface area (Å²) in [6, 6.07) is 8.58. The summed E-state index contributed by atoms with van der Waals surface area (Å²) in [6.07, 6.45) is 6.73. The maximum atomic E-state index is 2.78. The average Bonchev–Trinajstić information content (AvgIpc) is 2.75. The summed E-state index contributed by atoms with van der Waals surface area (Å²) in [5, 5.41) is 0. The summed E-state index contributed by atoms with van der Waals surface area (Å²) in [7, 11) is 0. The van der Waals surface area contributed by atoms with Crippen LogP contribution < -0.4 is 4.90 Å². The van der Waals surface area contributed by atoms with Gasteiger partial charge in [-0.15, -0.1) is 11.8 Å². The number of nitrogens with zero attached hydrogens (tertiary/aromatic N) is 2. The number of para-hydroxylation sites is 1. The molecule has 3 heterocycles. The van der Waals surface area contributed by atoms with Crippen LogP contribution in [0.1, 0.15) is 57.4 Å². The number of anilines is 1. The van der Waals surface area contributed by atoms with Gasteiger partial charge in [-0.1, -0.05) is 31.9 Å². The molecule has 1 saturated heterocycles. The number of hydrogen-bond acceptors (Lipinski definition) is 3. The molecule has 23 heavy (non-hydrogen) atoms. The number of hydrogen-bond donors (Lipinski definition) is 0. The van der Waals surface area contributed by atoms with Gasteiger partial charge in [0.25, 0.3) is 0 Å². The highest BCUT2D eigenvalue weighted by Crippen LogP contribution is 2.50. The van der Waals surface area contributed by atoms with Crippen LogP contribution in [0.25, 0.3) is 0 Å². The molecule has 0 radical (unpaired) electrons. The van der Waals surface area contributed by atoms with Gasteiger partial charge in [0, 0.05) is 42.5 Å². The normalized spacial score (nSPS) is 28.2. The van der Waals surface area contributed by atoms with E-state index in [4.69, 9.17) is 0 Å². The lowest BCUT2D eigenvalue weighted by molar-refractivity contribution is 0.140. The van der Waals surface area contributed by atoms with Crippen molar-refractivity contribution < 1.29 is 0 Å². The quantitative estimate of drug-likeness (QED) is 0.787. The van der Waals surface area contributed by atoms with E-state index in [9.17, 15) is 0 Å². The smallest absolute Gasteiger partial charge is 0.0543 e.